The maximum absolute atomic E-state index is 17.4. The molecule has 200 valence electrons. The van der Waals surface area contributed by atoms with Crippen molar-refractivity contribution in [2.24, 2.45) is 28.6 Å². The van der Waals surface area contributed by atoms with Crippen LogP contribution in [0.15, 0.2) is 46.4 Å². The Kier molecular flexibility index (Phi) is 6.03. The molecule has 10 heteroatoms. The molecule has 0 amide bonds. The van der Waals surface area contributed by atoms with E-state index in [1.54, 1.807) is 13.8 Å². The van der Waals surface area contributed by atoms with Crippen molar-refractivity contribution < 1.29 is 41.8 Å². The van der Waals surface area contributed by atoms with Gasteiger partial charge in [0, 0.05) is 22.7 Å². The van der Waals surface area contributed by atoms with Crippen molar-refractivity contribution in [3.63, 3.8) is 0 Å². The Morgan fingerprint density at radius 3 is 2.70 bits per heavy atom. The number of hydrogen-bond acceptors (Lipinski definition) is 7. The molecule has 0 aromatic carbocycles. The average molecular weight is 539 g/mol. The van der Waals surface area contributed by atoms with Crippen LogP contribution in [0.2, 0.25) is 0 Å². The Morgan fingerprint density at radius 2 is 2.05 bits per heavy atom. The lowest BCUT2D eigenvalue weighted by molar-refractivity contribution is -0.210. The second kappa shape index (κ2) is 8.53. The van der Waals surface area contributed by atoms with Crippen molar-refractivity contribution in [3.05, 3.63) is 47.7 Å². The zero-order valence-corrected chi connectivity index (χ0v) is 21.6. The van der Waals surface area contributed by atoms with Crippen LogP contribution >= 0.6 is 12.2 Å². The summed E-state index contributed by atoms with van der Waals surface area (Å²) in [4.78, 5) is 25.1. The molecule has 5 rings (SSSR count). The molecule has 0 unspecified atom stereocenters. The third kappa shape index (κ3) is 3.24. The lowest BCUT2D eigenvalue weighted by Gasteiger charge is -2.62. The fourth-order valence-electron chi connectivity index (χ4n) is 8.02. The Bertz CT molecular complexity index is 1210. The zero-order chi connectivity index (χ0) is 27.0. The third-order valence-electron chi connectivity index (χ3n) is 9.70. The SMILES string of the molecule is C[C@@H]1C[C@H]2[C@@H]3CCC4=CC(=O)C(F)=C[C@]4(C)[C@@]3(F)[C@@H](O)C[C@]2(C)[C@@]1(OC(=O)c1ccco1)C(=S)OCF. The Morgan fingerprint density at radius 1 is 1.32 bits per heavy atom. The molecule has 4 aliphatic rings. The van der Waals surface area contributed by atoms with Gasteiger partial charge in [0.1, 0.15) is 0 Å². The maximum Gasteiger partial charge on any atom is 0.375 e. The van der Waals surface area contributed by atoms with Crippen LogP contribution in [-0.2, 0) is 14.3 Å². The van der Waals surface area contributed by atoms with E-state index in [-0.39, 0.29) is 23.7 Å². The van der Waals surface area contributed by atoms with Gasteiger partial charge in [-0.25, -0.2) is 18.0 Å². The number of halogens is 3. The molecule has 6 nitrogen and oxygen atoms in total. The number of aliphatic hydroxyl groups excluding tert-OH is 1. The number of carbonyl (C=O) groups is 2. The first-order valence-electron chi connectivity index (χ1n) is 12.4. The number of hydrogen-bond donors (Lipinski definition) is 1. The first-order valence-corrected chi connectivity index (χ1v) is 12.8. The van der Waals surface area contributed by atoms with Gasteiger partial charge in [-0.15, -0.1) is 0 Å². The van der Waals surface area contributed by atoms with E-state index < -0.39 is 70.4 Å². The van der Waals surface area contributed by atoms with Crippen molar-refractivity contribution in [1.82, 2.24) is 0 Å². The van der Waals surface area contributed by atoms with Crippen molar-refractivity contribution in [2.75, 3.05) is 6.86 Å². The number of thiocarbonyl (C=S) groups is 1. The van der Waals surface area contributed by atoms with E-state index in [9.17, 15) is 23.5 Å². The van der Waals surface area contributed by atoms with Crippen molar-refractivity contribution in [1.29, 1.82) is 0 Å². The Labute approximate surface area is 217 Å². The molecule has 1 heterocycles. The number of esters is 1. The number of carbonyl (C=O) groups excluding carboxylic acids is 2. The number of rotatable bonds is 4. The van der Waals surface area contributed by atoms with E-state index >= 15 is 4.39 Å². The Hall–Kier alpha value is -2.46. The number of aliphatic hydroxyl groups is 1. The number of ketones is 1. The van der Waals surface area contributed by atoms with E-state index in [4.69, 9.17) is 26.1 Å². The van der Waals surface area contributed by atoms with Gasteiger partial charge in [-0.3, -0.25) is 4.79 Å². The largest absolute Gasteiger partial charge is 0.457 e. The predicted molar refractivity (Wildman–Crippen MR) is 129 cm³/mol. The van der Waals surface area contributed by atoms with E-state index in [2.05, 4.69) is 0 Å². The number of ether oxygens (including phenoxy) is 2. The fourth-order valence-corrected chi connectivity index (χ4v) is 8.54. The van der Waals surface area contributed by atoms with Crippen LogP contribution in [0.5, 0.6) is 0 Å². The summed E-state index contributed by atoms with van der Waals surface area (Å²) in [6.07, 6.45) is 2.55. The molecule has 0 spiro atoms. The van der Waals surface area contributed by atoms with E-state index in [0.29, 0.717) is 18.4 Å². The van der Waals surface area contributed by atoms with E-state index in [1.165, 1.54) is 25.3 Å². The van der Waals surface area contributed by atoms with Crippen molar-refractivity contribution in [3.8, 4) is 0 Å². The summed E-state index contributed by atoms with van der Waals surface area (Å²) in [6.45, 7) is 3.79. The van der Waals surface area contributed by atoms with Crippen LogP contribution in [0, 0.1) is 28.6 Å². The zero-order valence-electron chi connectivity index (χ0n) is 20.8. The molecule has 1 N–H and O–H groups in total. The van der Waals surface area contributed by atoms with Crippen LogP contribution in [-0.4, -0.2) is 46.1 Å². The molecule has 1 aromatic rings. The standard InChI is InChI=1S/C27H29F3O6S/c1-14-9-17-16-7-6-15-10-19(31)18(29)11-24(15,2)26(16,30)21(32)12-25(17,3)27(14,23(37)35-13-28)36-22(33)20-5-4-8-34-20/h4-5,8,10-11,14,16-17,21,32H,6-7,9,12-13H2,1-3H3/t14-,16+,17+,21+,24+,25+,26+,27+/m1/s1. The predicted octanol–water partition coefficient (Wildman–Crippen LogP) is 5.36. The van der Waals surface area contributed by atoms with Crippen molar-refractivity contribution in [2.45, 2.75) is 63.8 Å². The highest BCUT2D eigenvalue weighted by Gasteiger charge is 2.77. The number of fused-ring (bicyclic) bond motifs is 5. The highest BCUT2D eigenvalue weighted by Crippen LogP contribution is 2.71. The summed E-state index contributed by atoms with van der Waals surface area (Å²) in [7, 11) is 0. The van der Waals surface area contributed by atoms with Gasteiger partial charge in [-0.2, -0.15) is 0 Å². The molecule has 0 bridgehead atoms. The van der Waals surface area contributed by atoms with Crippen LogP contribution in [0.25, 0.3) is 0 Å². The van der Waals surface area contributed by atoms with Gasteiger partial charge in [-0.1, -0.05) is 19.4 Å². The molecule has 0 aliphatic heterocycles. The van der Waals surface area contributed by atoms with Gasteiger partial charge < -0.3 is 19.0 Å². The minimum atomic E-state index is -2.30. The van der Waals surface area contributed by atoms with Gasteiger partial charge in [0.25, 0.3) is 0 Å². The Balaban J connectivity index is 1.62. The molecule has 37 heavy (non-hydrogen) atoms. The summed E-state index contributed by atoms with van der Waals surface area (Å²) in [6, 6.07) is 2.93. The average Bonchev–Trinajstić information content (AvgIpc) is 3.44. The van der Waals surface area contributed by atoms with Crippen LogP contribution in [0.3, 0.4) is 0 Å². The first-order chi connectivity index (χ1) is 17.4. The summed E-state index contributed by atoms with van der Waals surface area (Å²) in [5.41, 5.74) is -6.22. The molecule has 0 saturated heterocycles. The minimum absolute atomic E-state index is 0.0923. The second-order valence-corrected chi connectivity index (χ2v) is 11.5. The third-order valence-corrected chi connectivity index (χ3v) is 10.1. The molecule has 1 aromatic heterocycles. The summed E-state index contributed by atoms with van der Waals surface area (Å²) >= 11 is 5.50. The molecule has 0 radical (unpaired) electrons. The lowest BCUT2D eigenvalue weighted by Crippen LogP contribution is -2.70. The second-order valence-electron chi connectivity index (χ2n) is 11.2. The van der Waals surface area contributed by atoms with Gasteiger partial charge in [0.05, 0.1) is 12.4 Å². The number of furan rings is 1. The lowest BCUT2D eigenvalue weighted by atomic mass is 9.44. The minimum Gasteiger partial charge on any atom is -0.457 e. The highest BCUT2D eigenvalue weighted by atomic mass is 32.1. The van der Waals surface area contributed by atoms with Crippen LogP contribution in [0.4, 0.5) is 13.2 Å². The number of allylic oxidation sites excluding steroid dienone is 4. The van der Waals surface area contributed by atoms with Gasteiger partial charge in [0.15, 0.2) is 17.1 Å². The molecule has 3 fully saturated rings. The van der Waals surface area contributed by atoms with E-state index in [1.807, 2.05) is 0 Å². The first kappa shape index (κ1) is 26.2. The smallest absolute Gasteiger partial charge is 0.375 e. The monoisotopic (exact) mass is 538 g/mol. The molecular formula is C27H29F3O6S. The summed E-state index contributed by atoms with van der Waals surface area (Å²) in [5, 5.41) is 11.2. The van der Waals surface area contributed by atoms with E-state index in [0.717, 1.165) is 12.2 Å². The highest BCUT2D eigenvalue weighted by molar-refractivity contribution is 7.80. The quantitative estimate of drug-likeness (QED) is 0.408. The summed E-state index contributed by atoms with van der Waals surface area (Å²) < 4.78 is 61.7. The fraction of sp³-hybridized carbons (Fsp3) is 0.593. The van der Waals surface area contributed by atoms with Gasteiger partial charge in [-0.05, 0) is 75.0 Å². The van der Waals surface area contributed by atoms with Gasteiger partial charge >= 0.3 is 5.97 Å². The molecule has 3 saturated carbocycles. The number of alkyl halides is 2. The summed E-state index contributed by atoms with van der Waals surface area (Å²) in [5.74, 6) is -4.60. The van der Waals surface area contributed by atoms with Crippen molar-refractivity contribution >= 4 is 29.0 Å². The van der Waals surface area contributed by atoms with Gasteiger partial charge in [0.2, 0.25) is 23.5 Å². The molecular weight excluding hydrogens is 509 g/mol. The maximum atomic E-state index is 17.4. The topological polar surface area (TPSA) is 86.0 Å². The molecule has 4 aliphatic carbocycles. The van der Waals surface area contributed by atoms with Crippen LogP contribution < -0.4 is 0 Å². The van der Waals surface area contributed by atoms with Crippen LogP contribution in [0.1, 0.15) is 57.0 Å². The molecule has 8 atom stereocenters. The normalized spacial score (nSPS) is 42.6.